The Balaban J connectivity index is 1.68. The van der Waals surface area contributed by atoms with E-state index in [9.17, 15) is 0 Å². The molecule has 1 aliphatic rings. The highest BCUT2D eigenvalue weighted by Crippen LogP contribution is 2.28. The molecule has 0 aromatic heterocycles. The maximum Gasteiger partial charge on any atom is 0.0466 e. The lowest BCUT2D eigenvalue weighted by Gasteiger charge is -2.21. The van der Waals surface area contributed by atoms with Gasteiger partial charge >= 0.3 is 0 Å². The summed E-state index contributed by atoms with van der Waals surface area (Å²) in [6.45, 7) is 4.10. The van der Waals surface area contributed by atoms with E-state index in [2.05, 4.69) is 6.92 Å². The van der Waals surface area contributed by atoms with Crippen molar-refractivity contribution in [2.75, 3.05) is 13.2 Å². The van der Waals surface area contributed by atoms with Crippen LogP contribution >= 0.6 is 0 Å². The molecule has 1 saturated carbocycles. The van der Waals surface area contributed by atoms with Crippen molar-refractivity contribution < 1.29 is 4.74 Å². The molecule has 0 saturated heterocycles. The average molecular weight is 311 g/mol. The van der Waals surface area contributed by atoms with Gasteiger partial charge in [-0.25, -0.2) is 0 Å². The molecule has 1 heteroatoms. The van der Waals surface area contributed by atoms with E-state index in [4.69, 9.17) is 4.74 Å². The molecule has 22 heavy (non-hydrogen) atoms. The summed E-state index contributed by atoms with van der Waals surface area (Å²) in [5.74, 6) is 1.09. The zero-order valence-corrected chi connectivity index (χ0v) is 15.4. The Labute approximate surface area is 140 Å². The molecule has 0 amide bonds. The van der Waals surface area contributed by atoms with Crippen LogP contribution in [0.5, 0.6) is 0 Å². The van der Waals surface area contributed by atoms with Crippen LogP contribution in [0.2, 0.25) is 0 Å². The minimum atomic E-state index is 0.945. The molecule has 1 rings (SSSR count). The summed E-state index contributed by atoms with van der Waals surface area (Å²) in [6, 6.07) is 0. The van der Waals surface area contributed by atoms with E-state index in [1.165, 1.54) is 103 Å². The van der Waals surface area contributed by atoms with Gasteiger partial charge < -0.3 is 4.74 Å². The summed E-state index contributed by atoms with van der Waals surface area (Å²) in [6.07, 6.45) is 24.6. The number of ether oxygens (including phenoxy) is 1. The number of unbranched alkanes of at least 4 members (excludes halogenated alkanes) is 9. The summed E-state index contributed by atoms with van der Waals surface area (Å²) < 4.78 is 5.51. The third-order valence-corrected chi connectivity index (χ3v) is 5.22. The highest BCUT2D eigenvalue weighted by molar-refractivity contribution is 4.65. The van der Waals surface area contributed by atoms with E-state index < -0.39 is 0 Å². The highest BCUT2D eigenvalue weighted by atomic mass is 16.5. The Morgan fingerprint density at radius 2 is 1.18 bits per heavy atom. The third kappa shape index (κ3) is 12.5. The quantitative estimate of drug-likeness (QED) is 0.289. The van der Waals surface area contributed by atoms with Gasteiger partial charge in [-0.15, -0.1) is 0 Å². The van der Waals surface area contributed by atoms with Gasteiger partial charge in [0.1, 0.15) is 0 Å². The fraction of sp³-hybridized carbons (Fsp3) is 1.00. The van der Waals surface area contributed by atoms with Crippen LogP contribution < -0.4 is 0 Å². The van der Waals surface area contributed by atoms with Crippen molar-refractivity contribution in [3.8, 4) is 0 Å². The minimum Gasteiger partial charge on any atom is -0.381 e. The van der Waals surface area contributed by atoms with Crippen molar-refractivity contribution in [1.29, 1.82) is 0 Å². The molecule has 1 nitrogen and oxygen atoms in total. The Morgan fingerprint density at radius 3 is 1.77 bits per heavy atom. The van der Waals surface area contributed by atoms with Crippen molar-refractivity contribution in [1.82, 2.24) is 0 Å². The Hall–Kier alpha value is -0.0400. The fourth-order valence-corrected chi connectivity index (χ4v) is 3.77. The van der Waals surface area contributed by atoms with Gasteiger partial charge in [0.25, 0.3) is 0 Å². The van der Waals surface area contributed by atoms with Crippen molar-refractivity contribution in [2.24, 2.45) is 5.92 Å². The molecule has 0 aromatic rings. The lowest BCUT2D eigenvalue weighted by Crippen LogP contribution is -2.05. The Bertz CT molecular complexity index is 208. The topological polar surface area (TPSA) is 9.23 Å². The molecule has 0 bridgehead atoms. The molecule has 0 N–H and O–H groups in total. The van der Waals surface area contributed by atoms with Crippen LogP contribution in [-0.4, -0.2) is 13.2 Å². The first kappa shape index (κ1) is 20.0. The summed E-state index contributed by atoms with van der Waals surface area (Å²) in [4.78, 5) is 0. The number of rotatable bonds is 15. The second-order valence-electron chi connectivity index (χ2n) is 7.44. The molecule has 0 heterocycles. The molecule has 1 aliphatic carbocycles. The monoisotopic (exact) mass is 310 g/mol. The maximum absolute atomic E-state index is 5.51. The summed E-state index contributed by atoms with van der Waals surface area (Å²) in [5, 5.41) is 0. The van der Waals surface area contributed by atoms with Gasteiger partial charge in [0.05, 0.1) is 0 Å². The molecule has 0 atom stereocenters. The van der Waals surface area contributed by atoms with Crippen LogP contribution in [0.15, 0.2) is 0 Å². The second kappa shape index (κ2) is 15.8. The van der Waals surface area contributed by atoms with Crippen LogP contribution in [-0.2, 0) is 4.74 Å². The first-order chi connectivity index (χ1) is 10.9. The van der Waals surface area contributed by atoms with Gasteiger partial charge in [0.2, 0.25) is 0 Å². The lowest BCUT2D eigenvalue weighted by atomic mass is 9.85. The van der Waals surface area contributed by atoms with Gasteiger partial charge in [-0.05, 0) is 18.8 Å². The van der Waals surface area contributed by atoms with E-state index in [1.54, 1.807) is 0 Å². The molecule has 0 unspecified atom stereocenters. The lowest BCUT2D eigenvalue weighted by molar-refractivity contribution is 0.130. The summed E-state index contributed by atoms with van der Waals surface area (Å²) in [7, 11) is 0. The van der Waals surface area contributed by atoms with Crippen molar-refractivity contribution in [3.63, 3.8) is 0 Å². The SMILES string of the molecule is CCCOCCCCCCCCCCCCC1CCCCC1. The fourth-order valence-electron chi connectivity index (χ4n) is 3.77. The van der Waals surface area contributed by atoms with E-state index in [1.807, 2.05) is 0 Å². The molecule has 0 aliphatic heterocycles. The summed E-state index contributed by atoms with van der Waals surface area (Å²) in [5.41, 5.74) is 0. The first-order valence-electron chi connectivity index (χ1n) is 10.5. The molecule has 0 radical (unpaired) electrons. The first-order valence-corrected chi connectivity index (χ1v) is 10.5. The third-order valence-electron chi connectivity index (χ3n) is 5.22. The average Bonchev–Trinajstić information content (AvgIpc) is 2.56. The normalized spacial score (nSPS) is 16.2. The highest BCUT2D eigenvalue weighted by Gasteiger charge is 2.12. The maximum atomic E-state index is 5.51. The van der Waals surface area contributed by atoms with E-state index in [-0.39, 0.29) is 0 Å². The zero-order valence-electron chi connectivity index (χ0n) is 15.4. The molecule has 132 valence electrons. The van der Waals surface area contributed by atoms with E-state index in [0.29, 0.717) is 0 Å². The Morgan fingerprint density at radius 1 is 0.636 bits per heavy atom. The smallest absolute Gasteiger partial charge is 0.0466 e. The molecule has 0 spiro atoms. The van der Waals surface area contributed by atoms with Crippen molar-refractivity contribution in [3.05, 3.63) is 0 Å². The number of hydrogen-bond acceptors (Lipinski definition) is 1. The van der Waals surface area contributed by atoms with Crippen LogP contribution in [0.3, 0.4) is 0 Å². The van der Waals surface area contributed by atoms with Crippen LogP contribution in [0.1, 0.15) is 116 Å². The predicted octanol–water partition coefficient (Wildman–Crippen LogP) is 7.28. The standard InChI is InChI=1S/C21H42O/c1-2-19-22-20-15-10-8-6-4-3-5-7-9-12-16-21-17-13-11-14-18-21/h21H,2-20H2,1H3. The van der Waals surface area contributed by atoms with Crippen molar-refractivity contribution >= 4 is 0 Å². The van der Waals surface area contributed by atoms with Gasteiger partial charge in [-0.1, -0.05) is 103 Å². The van der Waals surface area contributed by atoms with Crippen LogP contribution in [0.4, 0.5) is 0 Å². The zero-order chi connectivity index (χ0) is 15.7. The Kier molecular flexibility index (Phi) is 14.4. The van der Waals surface area contributed by atoms with Gasteiger partial charge in [-0.3, -0.25) is 0 Å². The van der Waals surface area contributed by atoms with Crippen molar-refractivity contribution in [2.45, 2.75) is 116 Å². The second-order valence-corrected chi connectivity index (χ2v) is 7.44. The summed E-state index contributed by atoms with van der Waals surface area (Å²) >= 11 is 0. The van der Waals surface area contributed by atoms with Crippen LogP contribution in [0, 0.1) is 5.92 Å². The molecular weight excluding hydrogens is 268 g/mol. The molecule has 1 fully saturated rings. The molecule has 0 aromatic carbocycles. The van der Waals surface area contributed by atoms with Gasteiger partial charge in [-0.2, -0.15) is 0 Å². The number of hydrogen-bond donors (Lipinski definition) is 0. The van der Waals surface area contributed by atoms with Gasteiger partial charge in [0.15, 0.2) is 0 Å². The van der Waals surface area contributed by atoms with E-state index in [0.717, 1.165) is 25.6 Å². The minimum absolute atomic E-state index is 0.945. The largest absolute Gasteiger partial charge is 0.381 e. The predicted molar refractivity (Wildman–Crippen MR) is 98.5 cm³/mol. The van der Waals surface area contributed by atoms with E-state index >= 15 is 0 Å². The van der Waals surface area contributed by atoms with Crippen LogP contribution in [0.25, 0.3) is 0 Å². The molecular formula is C21H42O. The van der Waals surface area contributed by atoms with Gasteiger partial charge in [0, 0.05) is 13.2 Å².